The maximum Gasteiger partial charge on any atom is 0.313 e. The lowest BCUT2D eigenvalue weighted by atomic mass is 10.2. The molecule has 0 aliphatic rings. The molecule has 114 valence electrons. The maximum absolute atomic E-state index is 10.7. The standard InChI is InChI=1S/C14H19N3O2S2/c1-10(2)17-12(7-3-5-11-6-4-8-20-11)15-16-14(17)21-9-13(18)19/h4,6,8,10H,3,5,7,9H2,1-2H3,(H,18,19). The number of hydrogen-bond acceptors (Lipinski definition) is 5. The Kier molecular flexibility index (Phi) is 5.81. The molecule has 0 unspecified atom stereocenters. The number of thioether (sulfide) groups is 1. The lowest BCUT2D eigenvalue weighted by Gasteiger charge is -2.13. The van der Waals surface area contributed by atoms with Crippen LogP contribution >= 0.6 is 23.1 Å². The molecule has 0 fully saturated rings. The minimum atomic E-state index is -0.836. The quantitative estimate of drug-likeness (QED) is 0.754. The summed E-state index contributed by atoms with van der Waals surface area (Å²) in [4.78, 5) is 12.1. The summed E-state index contributed by atoms with van der Waals surface area (Å²) in [6.07, 6.45) is 2.92. The summed E-state index contributed by atoms with van der Waals surface area (Å²) in [5, 5.41) is 19.9. The Balaban J connectivity index is 1.99. The van der Waals surface area contributed by atoms with Crippen molar-refractivity contribution in [2.75, 3.05) is 5.75 Å². The highest BCUT2D eigenvalue weighted by Gasteiger charge is 2.16. The van der Waals surface area contributed by atoms with Gasteiger partial charge in [0.05, 0.1) is 5.75 Å². The molecule has 2 heterocycles. The first-order valence-electron chi connectivity index (χ1n) is 6.88. The van der Waals surface area contributed by atoms with Crippen molar-refractivity contribution < 1.29 is 9.90 Å². The number of carbonyl (C=O) groups is 1. The molecule has 2 aromatic rings. The third-order valence-corrected chi connectivity index (χ3v) is 4.84. The van der Waals surface area contributed by atoms with Crippen LogP contribution in [-0.4, -0.2) is 31.6 Å². The molecule has 0 aliphatic carbocycles. The number of nitrogens with zero attached hydrogens (tertiary/aromatic N) is 3. The highest BCUT2D eigenvalue weighted by atomic mass is 32.2. The minimum Gasteiger partial charge on any atom is -0.481 e. The van der Waals surface area contributed by atoms with E-state index in [4.69, 9.17) is 5.11 Å². The first kappa shape index (κ1) is 16.0. The fourth-order valence-electron chi connectivity index (χ4n) is 2.10. The van der Waals surface area contributed by atoms with Crippen molar-refractivity contribution in [3.8, 4) is 0 Å². The zero-order valence-corrected chi connectivity index (χ0v) is 13.8. The van der Waals surface area contributed by atoms with E-state index in [2.05, 4.69) is 41.6 Å². The van der Waals surface area contributed by atoms with Crippen molar-refractivity contribution >= 4 is 29.1 Å². The number of rotatable bonds is 8. The van der Waals surface area contributed by atoms with Gasteiger partial charge >= 0.3 is 5.97 Å². The van der Waals surface area contributed by atoms with Crippen LogP contribution in [0.2, 0.25) is 0 Å². The Morgan fingerprint density at radius 1 is 1.43 bits per heavy atom. The molecule has 21 heavy (non-hydrogen) atoms. The largest absolute Gasteiger partial charge is 0.481 e. The molecule has 0 radical (unpaired) electrons. The van der Waals surface area contributed by atoms with Gasteiger partial charge in [0.1, 0.15) is 5.82 Å². The van der Waals surface area contributed by atoms with Crippen LogP contribution in [0.3, 0.4) is 0 Å². The van der Waals surface area contributed by atoms with E-state index in [0.29, 0.717) is 5.16 Å². The van der Waals surface area contributed by atoms with E-state index < -0.39 is 5.97 Å². The van der Waals surface area contributed by atoms with Gasteiger partial charge in [-0.2, -0.15) is 0 Å². The van der Waals surface area contributed by atoms with Crippen molar-refractivity contribution in [3.05, 3.63) is 28.2 Å². The highest BCUT2D eigenvalue weighted by Crippen LogP contribution is 2.22. The lowest BCUT2D eigenvalue weighted by Crippen LogP contribution is -2.09. The predicted molar refractivity (Wildman–Crippen MR) is 85.1 cm³/mol. The molecule has 0 amide bonds. The lowest BCUT2D eigenvalue weighted by molar-refractivity contribution is -0.133. The van der Waals surface area contributed by atoms with Crippen LogP contribution < -0.4 is 0 Å². The van der Waals surface area contributed by atoms with Crippen molar-refractivity contribution in [1.82, 2.24) is 14.8 Å². The molecule has 0 saturated heterocycles. The van der Waals surface area contributed by atoms with E-state index in [1.807, 2.05) is 4.57 Å². The molecule has 0 spiro atoms. The van der Waals surface area contributed by atoms with Gasteiger partial charge in [-0.3, -0.25) is 4.79 Å². The summed E-state index contributed by atoms with van der Waals surface area (Å²) in [5.74, 6) is 0.118. The molecule has 0 saturated carbocycles. The van der Waals surface area contributed by atoms with E-state index in [9.17, 15) is 4.79 Å². The van der Waals surface area contributed by atoms with Gasteiger partial charge in [-0.15, -0.1) is 21.5 Å². The molecule has 5 nitrogen and oxygen atoms in total. The fourth-order valence-corrected chi connectivity index (χ4v) is 3.65. The second-order valence-corrected chi connectivity index (χ2v) is 6.95. The molecule has 2 aromatic heterocycles. The summed E-state index contributed by atoms with van der Waals surface area (Å²) in [6, 6.07) is 4.44. The van der Waals surface area contributed by atoms with Gasteiger partial charge < -0.3 is 9.67 Å². The van der Waals surface area contributed by atoms with Crippen LogP contribution in [0.25, 0.3) is 0 Å². The van der Waals surface area contributed by atoms with Gasteiger partial charge in [0.15, 0.2) is 5.16 Å². The zero-order chi connectivity index (χ0) is 15.2. The van der Waals surface area contributed by atoms with Gasteiger partial charge in [0.2, 0.25) is 0 Å². The van der Waals surface area contributed by atoms with Gasteiger partial charge in [0.25, 0.3) is 0 Å². The van der Waals surface area contributed by atoms with Crippen LogP contribution in [-0.2, 0) is 17.6 Å². The Bertz CT molecular complexity index is 579. The molecular formula is C14H19N3O2S2. The van der Waals surface area contributed by atoms with Gasteiger partial charge in [0, 0.05) is 17.3 Å². The van der Waals surface area contributed by atoms with Gasteiger partial charge in [-0.25, -0.2) is 0 Å². The first-order valence-corrected chi connectivity index (χ1v) is 8.75. The van der Waals surface area contributed by atoms with Crippen LogP contribution in [0.15, 0.2) is 22.7 Å². The number of carboxylic acid groups (broad SMARTS) is 1. The average molecular weight is 325 g/mol. The number of aromatic nitrogens is 3. The Hall–Kier alpha value is -1.34. The van der Waals surface area contributed by atoms with Crippen molar-refractivity contribution in [1.29, 1.82) is 0 Å². The first-order chi connectivity index (χ1) is 10.1. The number of hydrogen-bond donors (Lipinski definition) is 1. The smallest absolute Gasteiger partial charge is 0.313 e. The molecule has 2 rings (SSSR count). The average Bonchev–Trinajstić information content (AvgIpc) is 3.05. The van der Waals surface area contributed by atoms with Crippen molar-refractivity contribution in [2.24, 2.45) is 0 Å². The van der Waals surface area contributed by atoms with Crippen LogP contribution in [0.1, 0.15) is 37.0 Å². The summed E-state index contributed by atoms with van der Waals surface area (Å²) in [7, 11) is 0. The fraction of sp³-hybridized carbons (Fsp3) is 0.500. The normalized spacial score (nSPS) is 11.2. The maximum atomic E-state index is 10.7. The summed E-state index contributed by atoms with van der Waals surface area (Å²) in [5.41, 5.74) is 0. The molecule has 0 aromatic carbocycles. The second-order valence-electron chi connectivity index (χ2n) is 4.98. The highest BCUT2D eigenvalue weighted by molar-refractivity contribution is 7.99. The monoisotopic (exact) mass is 325 g/mol. The van der Waals surface area contributed by atoms with Gasteiger partial charge in [-0.05, 0) is 38.1 Å². The van der Waals surface area contributed by atoms with Crippen LogP contribution in [0.5, 0.6) is 0 Å². The van der Waals surface area contributed by atoms with E-state index in [1.54, 1.807) is 11.3 Å². The third kappa shape index (κ3) is 4.57. The van der Waals surface area contributed by atoms with E-state index in [1.165, 1.54) is 16.6 Å². The molecule has 1 N–H and O–H groups in total. The zero-order valence-electron chi connectivity index (χ0n) is 12.2. The Morgan fingerprint density at radius 2 is 2.24 bits per heavy atom. The van der Waals surface area contributed by atoms with Crippen LogP contribution in [0.4, 0.5) is 0 Å². The minimum absolute atomic E-state index is 0.0139. The SMILES string of the molecule is CC(C)n1c(CCCc2cccs2)nnc1SCC(=O)O. The third-order valence-electron chi connectivity index (χ3n) is 2.98. The topological polar surface area (TPSA) is 68.0 Å². The van der Waals surface area contributed by atoms with E-state index in [0.717, 1.165) is 25.1 Å². The Morgan fingerprint density at radius 3 is 2.86 bits per heavy atom. The Labute approximate surface area is 132 Å². The molecule has 0 aliphatic heterocycles. The second kappa shape index (κ2) is 7.61. The predicted octanol–water partition coefficient (Wildman–Crippen LogP) is 3.27. The van der Waals surface area contributed by atoms with E-state index >= 15 is 0 Å². The van der Waals surface area contributed by atoms with Crippen LogP contribution in [0, 0.1) is 0 Å². The number of aliphatic carboxylic acids is 1. The number of carboxylic acids is 1. The summed E-state index contributed by atoms with van der Waals surface area (Å²) in [6.45, 7) is 4.13. The molecular weight excluding hydrogens is 306 g/mol. The summed E-state index contributed by atoms with van der Waals surface area (Å²) < 4.78 is 2.04. The van der Waals surface area contributed by atoms with Crippen molar-refractivity contribution in [2.45, 2.75) is 44.3 Å². The van der Waals surface area contributed by atoms with E-state index in [-0.39, 0.29) is 11.8 Å². The molecule has 0 bridgehead atoms. The molecule has 7 heteroatoms. The summed E-state index contributed by atoms with van der Waals surface area (Å²) >= 11 is 3.00. The number of aryl methyl sites for hydroxylation is 2. The molecule has 0 atom stereocenters. The van der Waals surface area contributed by atoms with Crippen molar-refractivity contribution in [3.63, 3.8) is 0 Å². The number of thiophene rings is 1. The van der Waals surface area contributed by atoms with Gasteiger partial charge in [-0.1, -0.05) is 17.8 Å².